The Kier molecular flexibility index (Phi) is 3.15. The second-order valence-electron chi connectivity index (χ2n) is 3.47. The molecule has 0 aliphatic carbocycles. The van der Waals surface area contributed by atoms with Crippen molar-refractivity contribution in [1.82, 2.24) is 4.98 Å². The van der Waals surface area contributed by atoms with E-state index in [9.17, 15) is 5.11 Å². The van der Waals surface area contributed by atoms with Crippen molar-refractivity contribution < 1.29 is 9.84 Å². The minimum atomic E-state index is -0.243. The Morgan fingerprint density at radius 2 is 2.36 bits per heavy atom. The first-order valence-electron chi connectivity index (χ1n) is 4.66. The van der Waals surface area contributed by atoms with Gasteiger partial charge >= 0.3 is 0 Å². The van der Waals surface area contributed by atoms with Crippen LogP contribution in [-0.4, -0.2) is 22.8 Å². The summed E-state index contributed by atoms with van der Waals surface area (Å²) in [6, 6.07) is 1.98. The maximum absolute atomic E-state index is 9.50. The molecule has 2 heterocycles. The van der Waals surface area contributed by atoms with Gasteiger partial charge in [-0.05, 0) is 28.4 Å². The van der Waals surface area contributed by atoms with E-state index in [4.69, 9.17) is 4.74 Å². The quantitative estimate of drug-likeness (QED) is 0.838. The first kappa shape index (κ1) is 10.1. The third-order valence-electron chi connectivity index (χ3n) is 2.35. The minimum Gasteiger partial charge on any atom is -0.393 e. The average molecular weight is 258 g/mol. The van der Waals surface area contributed by atoms with Crippen LogP contribution in [0.15, 0.2) is 22.9 Å². The fraction of sp³-hybridized carbons (Fsp3) is 0.500. The van der Waals surface area contributed by atoms with Crippen LogP contribution in [0.4, 0.5) is 0 Å². The van der Waals surface area contributed by atoms with E-state index >= 15 is 0 Å². The van der Waals surface area contributed by atoms with Crippen LogP contribution < -0.4 is 0 Å². The van der Waals surface area contributed by atoms with Crippen molar-refractivity contribution in [2.45, 2.75) is 25.0 Å². The van der Waals surface area contributed by atoms with Crippen LogP contribution in [0, 0.1) is 0 Å². The molecule has 1 saturated heterocycles. The Hall–Kier alpha value is -0.450. The molecule has 2 rings (SSSR count). The molecule has 1 aromatic heterocycles. The predicted octanol–water partition coefficient (Wildman–Crippen LogP) is 2.06. The van der Waals surface area contributed by atoms with Gasteiger partial charge in [0.15, 0.2) is 0 Å². The smallest absolute Gasteiger partial charge is 0.0864 e. The summed E-state index contributed by atoms with van der Waals surface area (Å²) in [4.78, 5) is 4.08. The minimum absolute atomic E-state index is 0.0104. The van der Waals surface area contributed by atoms with Crippen LogP contribution in [0.1, 0.15) is 24.5 Å². The third kappa shape index (κ3) is 2.32. The number of pyridine rings is 1. The second-order valence-corrected chi connectivity index (χ2v) is 4.39. The van der Waals surface area contributed by atoms with Crippen molar-refractivity contribution in [3.63, 3.8) is 0 Å². The SMILES string of the molecule is OC1CCOC(c2cncc(Br)c2)C1. The molecule has 1 aliphatic heterocycles. The third-order valence-corrected chi connectivity index (χ3v) is 2.79. The van der Waals surface area contributed by atoms with Crippen molar-refractivity contribution >= 4 is 15.9 Å². The maximum Gasteiger partial charge on any atom is 0.0864 e. The molecule has 0 saturated carbocycles. The van der Waals surface area contributed by atoms with Crippen LogP contribution >= 0.6 is 15.9 Å². The lowest BCUT2D eigenvalue weighted by molar-refractivity contribution is -0.0449. The summed E-state index contributed by atoms with van der Waals surface area (Å²) in [6.07, 6.45) is 4.67. The molecular weight excluding hydrogens is 246 g/mol. The molecule has 0 radical (unpaired) electrons. The summed E-state index contributed by atoms with van der Waals surface area (Å²) in [5, 5.41) is 9.50. The first-order valence-corrected chi connectivity index (χ1v) is 5.45. The standard InChI is InChI=1S/C10H12BrNO2/c11-8-3-7(5-12-6-8)10-4-9(13)1-2-14-10/h3,5-6,9-10,13H,1-2,4H2. The topological polar surface area (TPSA) is 42.4 Å². The van der Waals surface area contributed by atoms with E-state index in [1.165, 1.54) is 0 Å². The number of hydrogen-bond donors (Lipinski definition) is 1. The van der Waals surface area contributed by atoms with Crippen molar-refractivity contribution in [3.05, 3.63) is 28.5 Å². The molecule has 1 fully saturated rings. The van der Waals surface area contributed by atoms with E-state index in [2.05, 4.69) is 20.9 Å². The van der Waals surface area contributed by atoms with Crippen LogP contribution in [0.5, 0.6) is 0 Å². The van der Waals surface area contributed by atoms with E-state index in [1.54, 1.807) is 12.4 Å². The largest absolute Gasteiger partial charge is 0.393 e. The van der Waals surface area contributed by atoms with Crippen LogP contribution in [0.3, 0.4) is 0 Å². The zero-order valence-electron chi connectivity index (χ0n) is 7.69. The number of rotatable bonds is 1. The molecular formula is C10H12BrNO2. The number of aromatic nitrogens is 1. The highest BCUT2D eigenvalue weighted by Crippen LogP contribution is 2.28. The van der Waals surface area contributed by atoms with E-state index in [0.29, 0.717) is 13.0 Å². The molecule has 14 heavy (non-hydrogen) atoms. The fourth-order valence-electron chi connectivity index (χ4n) is 1.62. The highest BCUT2D eigenvalue weighted by Gasteiger charge is 2.22. The van der Waals surface area contributed by atoms with Gasteiger partial charge in [0.25, 0.3) is 0 Å². The Morgan fingerprint density at radius 1 is 1.50 bits per heavy atom. The van der Waals surface area contributed by atoms with Gasteiger partial charge in [-0.2, -0.15) is 0 Å². The molecule has 2 unspecified atom stereocenters. The van der Waals surface area contributed by atoms with E-state index in [-0.39, 0.29) is 12.2 Å². The maximum atomic E-state index is 9.50. The Bertz CT molecular complexity index is 319. The molecule has 2 atom stereocenters. The number of ether oxygens (including phenoxy) is 1. The van der Waals surface area contributed by atoms with Gasteiger partial charge in [0.05, 0.1) is 12.2 Å². The van der Waals surface area contributed by atoms with Gasteiger partial charge in [-0.1, -0.05) is 0 Å². The van der Waals surface area contributed by atoms with Crippen molar-refractivity contribution in [1.29, 1.82) is 0 Å². The van der Waals surface area contributed by atoms with Crippen molar-refractivity contribution in [3.8, 4) is 0 Å². The molecule has 1 aliphatic rings. The molecule has 1 N–H and O–H groups in total. The summed E-state index contributed by atoms with van der Waals surface area (Å²) in [5.74, 6) is 0. The van der Waals surface area contributed by atoms with Gasteiger partial charge in [-0.25, -0.2) is 0 Å². The summed E-state index contributed by atoms with van der Waals surface area (Å²) in [7, 11) is 0. The van der Waals surface area contributed by atoms with Gasteiger partial charge in [0, 0.05) is 35.5 Å². The lowest BCUT2D eigenvalue weighted by Crippen LogP contribution is -2.23. The molecule has 1 aromatic rings. The molecule has 0 aromatic carbocycles. The highest BCUT2D eigenvalue weighted by atomic mass is 79.9. The fourth-order valence-corrected chi connectivity index (χ4v) is 2.00. The van der Waals surface area contributed by atoms with Crippen molar-refractivity contribution in [2.24, 2.45) is 0 Å². The Labute approximate surface area is 91.2 Å². The van der Waals surface area contributed by atoms with Crippen molar-refractivity contribution in [2.75, 3.05) is 6.61 Å². The summed E-state index contributed by atoms with van der Waals surface area (Å²) < 4.78 is 6.51. The van der Waals surface area contributed by atoms with Crippen LogP contribution in [0.2, 0.25) is 0 Å². The summed E-state index contributed by atoms with van der Waals surface area (Å²) >= 11 is 3.36. The van der Waals surface area contributed by atoms with E-state index in [1.807, 2.05) is 6.07 Å². The number of aliphatic hydroxyl groups excluding tert-OH is 1. The molecule has 3 nitrogen and oxygen atoms in total. The highest BCUT2D eigenvalue weighted by molar-refractivity contribution is 9.10. The second kappa shape index (κ2) is 4.38. The normalized spacial score (nSPS) is 27.6. The van der Waals surface area contributed by atoms with Crippen LogP contribution in [0.25, 0.3) is 0 Å². The lowest BCUT2D eigenvalue weighted by Gasteiger charge is -2.26. The molecule has 0 bridgehead atoms. The van der Waals surface area contributed by atoms with E-state index < -0.39 is 0 Å². The molecule has 4 heteroatoms. The lowest BCUT2D eigenvalue weighted by atomic mass is 10.0. The average Bonchev–Trinajstić information content (AvgIpc) is 2.18. The van der Waals surface area contributed by atoms with Crippen LogP contribution in [-0.2, 0) is 4.74 Å². The predicted molar refractivity (Wildman–Crippen MR) is 55.9 cm³/mol. The monoisotopic (exact) mass is 257 g/mol. The van der Waals surface area contributed by atoms with Gasteiger partial charge < -0.3 is 9.84 Å². The molecule has 76 valence electrons. The zero-order chi connectivity index (χ0) is 9.97. The first-order chi connectivity index (χ1) is 6.75. The number of nitrogens with zero attached hydrogens (tertiary/aromatic N) is 1. The molecule has 0 amide bonds. The Morgan fingerprint density at radius 3 is 3.07 bits per heavy atom. The van der Waals surface area contributed by atoms with E-state index in [0.717, 1.165) is 16.5 Å². The Balaban J connectivity index is 2.14. The van der Waals surface area contributed by atoms with Gasteiger partial charge in [-0.15, -0.1) is 0 Å². The van der Waals surface area contributed by atoms with Gasteiger partial charge in [-0.3, -0.25) is 4.98 Å². The number of hydrogen-bond acceptors (Lipinski definition) is 3. The summed E-state index contributed by atoms with van der Waals surface area (Å²) in [5.41, 5.74) is 1.03. The zero-order valence-corrected chi connectivity index (χ0v) is 9.27. The summed E-state index contributed by atoms with van der Waals surface area (Å²) in [6.45, 7) is 0.623. The van der Waals surface area contributed by atoms with Gasteiger partial charge in [0.2, 0.25) is 0 Å². The number of aliphatic hydroxyl groups is 1. The molecule has 0 spiro atoms. The van der Waals surface area contributed by atoms with Gasteiger partial charge in [0.1, 0.15) is 0 Å². The number of halogens is 1.